The van der Waals surface area contributed by atoms with Crippen molar-refractivity contribution in [1.29, 1.82) is 0 Å². The number of carbonyl (C=O) groups is 3. The molecule has 2 aromatic carbocycles. The number of likely N-dealkylation sites (tertiary alicyclic amines) is 1. The molecule has 1 heterocycles. The molecule has 0 aromatic heterocycles. The smallest absolute Gasteiger partial charge is 0.317 e. The van der Waals surface area contributed by atoms with Gasteiger partial charge in [-0.1, -0.05) is 24.3 Å². The molecule has 0 unspecified atom stereocenters. The lowest BCUT2D eigenvalue weighted by Gasteiger charge is -2.32. The van der Waals surface area contributed by atoms with Crippen LogP contribution >= 0.6 is 0 Å². The number of hydrogen-bond donors (Lipinski definition) is 2. The van der Waals surface area contributed by atoms with Crippen molar-refractivity contribution in [1.82, 2.24) is 10.2 Å². The zero-order chi connectivity index (χ0) is 20.1. The van der Waals surface area contributed by atoms with Crippen LogP contribution in [-0.4, -0.2) is 42.8 Å². The number of urea groups is 1. The predicted molar refractivity (Wildman–Crippen MR) is 109 cm³/mol. The van der Waals surface area contributed by atoms with E-state index in [1.807, 2.05) is 23.1 Å². The first-order valence-electron chi connectivity index (χ1n) is 9.47. The van der Waals surface area contributed by atoms with Crippen LogP contribution < -0.4 is 10.6 Å². The van der Waals surface area contributed by atoms with Gasteiger partial charge in [0.15, 0.2) is 5.78 Å². The fourth-order valence-electron chi connectivity index (χ4n) is 3.54. The minimum absolute atomic E-state index is 0.0453. The molecule has 0 saturated carbocycles. The Morgan fingerprint density at radius 1 is 1.04 bits per heavy atom. The third kappa shape index (κ3) is 4.57. The molecule has 0 aliphatic carbocycles. The van der Waals surface area contributed by atoms with Gasteiger partial charge in [-0.25, -0.2) is 4.79 Å². The second-order valence-electron chi connectivity index (χ2n) is 7.06. The van der Waals surface area contributed by atoms with E-state index in [9.17, 15) is 14.4 Å². The summed E-state index contributed by atoms with van der Waals surface area (Å²) in [5, 5.41) is 5.53. The van der Waals surface area contributed by atoms with Gasteiger partial charge in [0.2, 0.25) is 0 Å². The number of piperidine rings is 1. The van der Waals surface area contributed by atoms with Gasteiger partial charge in [-0.15, -0.1) is 0 Å². The van der Waals surface area contributed by atoms with E-state index >= 15 is 0 Å². The quantitative estimate of drug-likeness (QED) is 0.796. The van der Waals surface area contributed by atoms with Gasteiger partial charge in [0.1, 0.15) is 0 Å². The van der Waals surface area contributed by atoms with E-state index in [2.05, 4.69) is 10.6 Å². The zero-order valence-corrected chi connectivity index (χ0v) is 16.2. The SMILES string of the molecule is CNC(=O)N1CCC[C@@H](c2cccc(C(=O)Nc3cccc(C(C)=O)c3)c2)C1. The van der Waals surface area contributed by atoms with Gasteiger partial charge in [-0.3, -0.25) is 9.59 Å². The zero-order valence-electron chi connectivity index (χ0n) is 16.2. The maximum Gasteiger partial charge on any atom is 0.317 e. The first kappa shape index (κ1) is 19.6. The van der Waals surface area contributed by atoms with Crippen LogP contribution in [0.2, 0.25) is 0 Å². The fourth-order valence-corrected chi connectivity index (χ4v) is 3.54. The first-order chi connectivity index (χ1) is 13.5. The molecule has 3 rings (SSSR count). The van der Waals surface area contributed by atoms with Crippen LogP contribution in [0.5, 0.6) is 0 Å². The van der Waals surface area contributed by atoms with Gasteiger partial charge in [0.05, 0.1) is 0 Å². The number of nitrogens with zero attached hydrogens (tertiary/aromatic N) is 1. The number of Topliss-reactive ketones (excluding diaryl/α,β-unsaturated/α-hetero) is 1. The molecule has 0 bridgehead atoms. The molecule has 28 heavy (non-hydrogen) atoms. The Hall–Kier alpha value is -3.15. The van der Waals surface area contributed by atoms with Crippen molar-refractivity contribution in [3.63, 3.8) is 0 Å². The predicted octanol–water partition coefficient (Wildman–Crippen LogP) is 3.66. The highest BCUT2D eigenvalue weighted by atomic mass is 16.2. The van der Waals surface area contributed by atoms with Gasteiger partial charge < -0.3 is 15.5 Å². The molecule has 0 radical (unpaired) electrons. The van der Waals surface area contributed by atoms with Gasteiger partial charge >= 0.3 is 6.03 Å². The van der Waals surface area contributed by atoms with Crippen molar-refractivity contribution in [2.24, 2.45) is 0 Å². The lowest BCUT2D eigenvalue weighted by Crippen LogP contribution is -2.43. The van der Waals surface area contributed by atoms with Crippen LogP contribution in [0, 0.1) is 0 Å². The molecule has 1 fully saturated rings. The molecule has 2 N–H and O–H groups in total. The van der Waals surface area contributed by atoms with Crippen molar-refractivity contribution in [2.45, 2.75) is 25.7 Å². The highest BCUT2D eigenvalue weighted by Crippen LogP contribution is 2.27. The second kappa shape index (κ2) is 8.69. The number of rotatable bonds is 4. The molecule has 6 nitrogen and oxygen atoms in total. The topological polar surface area (TPSA) is 78.5 Å². The van der Waals surface area contributed by atoms with Gasteiger partial charge in [0, 0.05) is 42.9 Å². The average molecular weight is 379 g/mol. The molecular formula is C22H25N3O3. The number of ketones is 1. The molecule has 3 amide bonds. The summed E-state index contributed by atoms with van der Waals surface area (Å²) in [5.74, 6) is -0.0579. The third-order valence-electron chi connectivity index (χ3n) is 5.07. The average Bonchev–Trinajstić information content (AvgIpc) is 2.73. The largest absolute Gasteiger partial charge is 0.341 e. The van der Waals surface area contributed by atoms with Gasteiger partial charge in [-0.05, 0) is 49.6 Å². The summed E-state index contributed by atoms with van der Waals surface area (Å²) in [7, 11) is 1.64. The first-order valence-corrected chi connectivity index (χ1v) is 9.47. The molecular weight excluding hydrogens is 354 g/mol. The van der Waals surface area contributed by atoms with E-state index in [-0.39, 0.29) is 23.6 Å². The Labute approximate surface area is 164 Å². The van der Waals surface area contributed by atoms with Gasteiger partial charge in [-0.2, -0.15) is 0 Å². The van der Waals surface area contributed by atoms with Crippen LogP contribution in [0.3, 0.4) is 0 Å². The Balaban J connectivity index is 1.74. The Kier molecular flexibility index (Phi) is 6.09. The molecule has 2 aromatic rings. The fraction of sp³-hybridized carbons (Fsp3) is 0.318. The highest BCUT2D eigenvalue weighted by molar-refractivity contribution is 6.05. The number of amides is 3. The highest BCUT2D eigenvalue weighted by Gasteiger charge is 2.24. The molecule has 1 atom stereocenters. The maximum atomic E-state index is 12.7. The van der Waals surface area contributed by atoms with Crippen molar-refractivity contribution < 1.29 is 14.4 Å². The summed E-state index contributed by atoms with van der Waals surface area (Å²) in [6.45, 7) is 2.89. The number of benzene rings is 2. The normalized spacial score (nSPS) is 16.4. The van der Waals surface area contributed by atoms with Crippen molar-refractivity contribution >= 4 is 23.4 Å². The minimum atomic E-state index is -0.221. The summed E-state index contributed by atoms with van der Waals surface area (Å²) >= 11 is 0. The van der Waals surface area contributed by atoms with Crippen molar-refractivity contribution in [3.8, 4) is 0 Å². The molecule has 1 aliphatic rings. The summed E-state index contributed by atoms with van der Waals surface area (Å²) in [4.78, 5) is 37.9. The lowest BCUT2D eigenvalue weighted by molar-refractivity contribution is 0.101. The third-order valence-corrected chi connectivity index (χ3v) is 5.07. The van der Waals surface area contributed by atoms with Crippen molar-refractivity contribution in [2.75, 3.05) is 25.5 Å². The molecule has 6 heteroatoms. The molecule has 146 valence electrons. The minimum Gasteiger partial charge on any atom is -0.341 e. The van der Waals surface area contributed by atoms with E-state index in [1.165, 1.54) is 6.92 Å². The van der Waals surface area contributed by atoms with Crippen LogP contribution in [0.25, 0.3) is 0 Å². The van der Waals surface area contributed by atoms with Crippen LogP contribution in [0.15, 0.2) is 48.5 Å². The Morgan fingerprint density at radius 2 is 1.79 bits per heavy atom. The monoisotopic (exact) mass is 379 g/mol. The van der Waals surface area contributed by atoms with Gasteiger partial charge in [0.25, 0.3) is 5.91 Å². The Bertz CT molecular complexity index is 894. The summed E-state index contributed by atoms with van der Waals surface area (Å²) in [6.07, 6.45) is 1.92. The standard InChI is InChI=1S/C22H25N3O3/c1-15(26)16-6-4-10-20(13-16)24-21(27)18-8-3-7-17(12-18)19-9-5-11-25(14-19)22(28)23-2/h3-4,6-8,10,12-13,19H,5,9,11,14H2,1-2H3,(H,23,28)(H,24,27)/t19-/m1/s1. The molecule has 1 saturated heterocycles. The van der Waals surface area contributed by atoms with E-state index in [0.29, 0.717) is 23.4 Å². The van der Waals surface area contributed by atoms with E-state index in [1.54, 1.807) is 37.4 Å². The van der Waals surface area contributed by atoms with Crippen LogP contribution in [-0.2, 0) is 0 Å². The van der Waals surface area contributed by atoms with Crippen LogP contribution in [0.1, 0.15) is 52.0 Å². The summed E-state index contributed by atoms with van der Waals surface area (Å²) in [6, 6.07) is 14.4. The molecule has 0 spiro atoms. The summed E-state index contributed by atoms with van der Waals surface area (Å²) in [5.41, 5.74) is 2.76. The number of carbonyl (C=O) groups excluding carboxylic acids is 3. The number of anilines is 1. The molecule has 1 aliphatic heterocycles. The van der Waals surface area contributed by atoms with E-state index in [4.69, 9.17) is 0 Å². The maximum absolute atomic E-state index is 12.7. The van der Waals surface area contributed by atoms with Crippen LogP contribution in [0.4, 0.5) is 10.5 Å². The Morgan fingerprint density at radius 3 is 2.54 bits per heavy atom. The van der Waals surface area contributed by atoms with Crippen molar-refractivity contribution in [3.05, 3.63) is 65.2 Å². The summed E-state index contributed by atoms with van der Waals surface area (Å²) < 4.78 is 0. The van der Waals surface area contributed by atoms with E-state index < -0.39 is 0 Å². The van der Waals surface area contributed by atoms with E-state index in [0.717, 1.165) is 24.9 Å². The lowest BCUT2D eigenvalue weighted by atomic mass is 9.89. The number of nitrogens with one attached hydrogen (secondary N) is 2. The number of hydrogen-bond acceptors (Lipinski definition) is 3. The second-order valence-corrected chi connectivity index (χ2v) is 7.06.